The molecule has 0 spiro atoms. The third kappa shape index (κ3) is 2.64. The smallest absolute Gasteiger partial charge is 0.340 e. The van der Waals surface area contributed by atoms with Crippen LogP contribution in [0, 0.1) is 0 Å². The van der Waals surface area contributed by atoms with Crippen molar-refractivity contribution in [2.45, 2.75) is 0 Å². The van der Waals surface area contributed by atoms with Gasteiger partial charge in [0.2, 0.25) is 5.43 Å². The van der Waals surface area contributed by atoms with Crippen LogP contribution in [0.5, 0.6) is 0 Å². The van der Waals surface area contributed by atoms with Crippen molar-refractivity contribution >= 4 is 42.1 Å². The lowest BCUT2D eigenvalue weighted by molar-refractivity contribution is 0.0694. The van der Waals surface area contributed by atoms with Gasteiger partial charge in [-0.1, -0.05) is 30.3 Å². The monoisotopic (exact) mass is 378 g/mol. The molecule has 138 valence electrons. The fourth-order valence-electron chi connectivity index (χ4n) is 3.05. The van der Waals surface area contributed by atoms with Gasteiger partial charge in [-0.05, 0) is 5.56 Å². The number of rotatable bonds is 6. The molecular formula is C20H10O8. The molecule has 0 aliphatic heterocycles. The van der Waals surface area contributed by atoms with Gasteiger partial charge >= 0.3 is 5.97 Å². The maximum absolute atomic E-state index is 13.2. The van der Waals surface area contributed by atoms with E-state index in [9.17, 15) is 33.9 Å². The van der Waals surface area contributed by atoms with Gasteiger partial charge in [0, 0.05) is 16.7 Å². The number of aldehydes is 4. The summed E-state index contributed by atoms with van der Waals surface area (Å²) in [5.74, 6) is -2.14. The second-order valence-corrected chi connectivity index (χ2v) is 5.63. The molecule has 2 aromatic carbocycles. The Morgan fingerprint density at radius 3 is 1.96 bits per heavy atom. The number of fused-ring (bicyclic) bond motifs is 1. The van der Waals surface area contributed by atoms with Crippen LogP contribution in [-0.2, 0) is 0 Å². The zero-order chi connectivity index (χ0) is 20.4. The molecule has 1 N–H and O–H groups in total. The van der Waals surface area contributed by atoms with Crippen molar-refractivity contribution in [3.63, 3.8) is 0 Å². The normalized spacial score (nSPS) is 10.4. The zero-order valence-corrected chi connectivity index (χ0v) is 14.0. The van der Waals surface area contributed by atoms with E-state index in [1.807, 2.05) is 0 Å². The first-order valence-electron chi connectivity index (χ1n) is 7.80. The van der Waals surface area contributed by atoms with Gasteiger partial charge in [0.25, 0.3) is 0 Å². The summed E-state index contributed by atoms with van der Waals surface area (Å²) in [6.45, 7) is 0. The lowest BCUT2D eigenvalue weighted by Crippen LogP contribution is -2.17. The Morgan fingerprint density at radius 1 is 0.857 bits per heavy atom. The molecule has 0 unspecified atom stereocenters. The van der Waals surface area contributed by atoms with Crippen molar-refractivity contribution in [1.82, 2.24) is 0 Å². The predicted molar refractivity (Wildman–Crippen MR) is 96.4 cm³/mol. The fraction of sp³-hybridized carbons (Fsp3) is 0. The number of carboxylic acid groups (broad SMARTS) is 1. The van der Waals surface area contributed by atoms with E-state index in [2.05, 4.69) is 0 Å². The van der Waals surface area contributed by atoms with Crippen LogP contribution >= 0.6 is 0 Å². The van der Waals surface area contributed by atoms with Gasteiger partial charge in [-0.15, -0.1) is 0 Å². The quantitative estimate of drug-likeness (QED) is 0.646. The summed E-state index contributed by atoms with van der Waals surface area (Å²) in [5, 5.41) is 9.01. The van der Waals surface area contributed by atoms with E-state index in [-0.39, 0.29) is 30.7 Å². The highest BCUT2D eigenvalue weighted by Gasteiger charge is 2.28. The van der Waals surface area contributed by atoms with Crippen LogP contribution in [-0.4, -0.2) is 36.2 Å². The first-order chi connectivity index (χ1) is 13.5. The van der Waals surface area contributed by atoms with E-state index in [4.69, 9.17) is 4.42 Å². The summed E-state index contributed by atoms with van der Waals surface area (Å²) >= 11 is 0. The van der Waals surface area contributed by atoms with Gasteiger partial charge < -0.3 is 9.52 Å². The number of benzene rings is 2. The molecule has 0 fully saturated rings. The van der Waals surface area contributed by atoms with Gasteiger partial charge in [-0.2, -0.15) is 0 Å². The van der Waals surface area contributed by atoms with Crippen molar-refractivity contribution < 1.29 is 33.5 Å². The van der Waals surface area contributed by atoms with Crippen LogP contribution in [0.1, 0.15) is 52.0 Å². The zero-order valence-electron chi connectivity index (χ0n) is 14.0. The first-order valence-corrected chi connectivity index (χ1v) is 7.80. The molecule has 28 heavy (non-hydrogen) atoms. The number of carbonyl (C=O) groups excluding carboxylic acids is 4. The molecule has 0 radical (unpaired) electrons. The highest BCUT2D eigenvalue weighted by Crippen LogP contribution is 2.31. The molecule has 0 atom stereocenters. The van der Waals surface area contributed by atoms with Gasteiger partial charge in [0.05, 0.1) is 10.9 Å². The highest BCUT2D eigenvalue weighted by atomic mass is 16.4. The van der Waals surface area contributed by atoms with Crippen molar-refractivity contribution in [2.24, 2.45) is 0 Å². The van der Waals surface area contributed by atoms with E-state index in [0.29, 0.717) is 5.56 Å². The molecule has 0 aliphatic rings. The lowest BCUT2D eigenvalue weighted by Gasteiger charge is -2.13. The molecule has 8 heteroatoms. The van der Waals surface area contributed by atoms with E-state index in [1.54, 1.807) is 18.2 Å². The van der Waals surface area contributed by atoms with Gasteiger partial charge in [-0.3, -0.25) is 24.0 Å². The largest absolute Gasteiger partial charge is 0.478 e. The summed E-state index contributed by atoms with van der Waals surface area (Å²) in [7, 11) is 0. The average molecular weight is 378 g/mol. The van der Waals surface area contributed by atoms with Crippen LogP contribution in [0.2, 0.25) is 0 Å². The van der Waals surface area contributed by atoms with Gasteiger partial charge in [-0.25, -0.2) is 4.79 Å². The summed E-state index contributed by atoms with van der Waals surface area (Å²) < 4.78 is 5.37. The number of hydrogen-bond acceptors (Lipinski definition) is 7. The van der Waals surface area contributed by atoms with E-state index in [1.165, 1.54) is 12.1 Å². The summed E-state index contributed by atoms with van der Waals surface area (Å²) in [6, 6.07) is 7.91. The molecule has 8 nitrogen and oxygen atoms in total. The van der Waals surface area contributed by atoms with Crippen LogP contribution in [0.4, 0.5) is 0 Å². The Labute approximate surface area is 156 Å². The van der Waals surface area contributed by atoms with Gasteiger partial charge in [0.1, 0.15) is 5.56 Å². The molecule has 0 amide bonds. The molecule has 1 aromatic heterocycles. The number of aromatic carboxylic acids is 1. The standard InChI is InChI=1S/C20H10O8/c21-6-11-12(7-22)16-18(25)15(10-4-2-1-3-5-10)14(9-24)28-19(16)17(20(26)27)13(11)8-23/h1-9H,(H,26,27). The minimum absolute atomic E-state index is 0.0747. The minimum Gasteiger partial charge on any atom is -0.478 e. The third-order valence-corrected chi connectivity index (χ3v) is 4.22. The molecule has 0 aliphatic carbocycles. The summed E-state index contributed by atoms with van der Waals surface area (Å²) in [6.07, 6.45) is 0.584. The number of hydrogen-bond donors (Lipinski definition) is 1. The van der Waals surface area contributed by atoms with Crippen molar-refractivity contribution in [3.8, 4) is 11.1 Å². The minimum atomic E-state index is -1.67. The second-order valence-electron chi connectivity index (χ2n) is 5.63. The third-order valence-electron chi connectivity index (χ3n) is 4.22. The topological polar surface area (TPSA) is 136 Å². The maximum atomic E-state index is 13.2. The van der Waals surface area contributed by atoms with Crippen LogP contribution in [0.15, 0.2) is 39.5 Å². The van der Waals surface area contributed by atoms with Gasteiger partial charge in [0.15, 0.2) is 36.5 Å². The molecular weight excluding hydrogens is 368 g/mol. The Balaban J connectivity index is 2.70. The van der Waals surface area contributed by atoms with E-state index < -0.39 is 50.4 Å². The summed E-state index contributed by atoms with van der Waals surface area (Å²) in [4.78, 5) is 70.9. The van der Waals surface area contributed by atoms with Crippen LogP contribution in [0.25, 0.3) is 22.1 Å². The fourth-order valence-corrected chi connectivity index (χ4v) is 3.05. The average Bonchev–Trinajstić information content (AvgIpc) is 2.71. The van der Waals surface area contributed by atoms with Crippen molar-refractivity contribution in [3.05, 3.63) is 68.6 Å². The second kappa shape index (κ2) is 7.20. The predicted octanol–water partition coefficient (Wildman–Crippen LogP) is 2.41. The maximum Gasteiger partial charge on any atom is 0.340 e. The Bertz CT molecular complexity index is 1220. The van der Waals surface area contributed by atoms with Crippen LogP contribution < -0.4 is 5.43 Å². The highest BCUT2D eigenvalue weighted by molar-refractivity contribution is 6.17. The Morgan fingerprint density at radius 2 is 1.46 bits per heavy atom. The lowest BCUT2D eigenvalue weighted by atomic mass is 9.91. The van der Waals surface area contributed by atoms with Crippen molar-refractivity contribution in [2.75, 3.05) is 0 Å². The summed E-state index contributed by atoms with van der Waals surface area (Å²) in [5.41, 5.74) is -3.84. The molecule has 0 bridgehead atoms. The SMILES string of the molecule is O=Cc1oc2c(C(=O)O)c(C=O)c(C=O)c(C=O)c2c(=O)c1-c1ccccc1. The molecule has 0 saturated heterocycles. The molecule has 1 heterocycles. The van der Waals surface area contributed by atoms with Crippen LogP contribution in [0.3, 0.4) is 0 Å². The molecule has 3 rings (SSSR count). The Kier molecular flexibility index (Phi) is 4.78. The number of carboxylic acids is 1. The van der Waals surface area contributed by atoms with Crippen molar-refractivity contribution in [1.29, 1.82) is 0 Å². The number of carbonyl (C=O) groups is 5. The molecule has 0 saturated carbocycles. The Hall–Kier alpha value is -4.20. The van der Waals surface area contributed by atoms with E-state index in [0.717, 1.165) is 0 Å². The van der Waals surface area contributed by atoms with E-state index >= 15 is 0 Å². The first kappa shape index (κ1) is 18.6. The molecule has 3 aromatic rings.